The summed E-state index contributed by atoms with van der Waals surface area (Å²) in [7, 11) is 0. The van der Waals surface area contributed by atoms with E-state index < -0.39 is 0 Å². The largest absolute Gasteiger partial charge is 0.372 e. The maximum Gasteiger partial charge on any atom is 0.0687 e. The Kier molecular flexibility index (Phi) is 3.72. The highest BCUT2D eigenvalue weighted by Crippen LogP contribution is 2.44. The molecule has 3 fully saturated rings. The van der Waals surface area contributed by atoms with Crippen LogP contribution in [0.5, 0.6) is 0 Å². The van der Waals surface area contributed by atoms with Gasteiger partial charge in [-0.05, 0) is 64.3 Å². The van der Waals surface area contributed by atoms with E-state index in [9.17, 15) is 0 Å². The molecule has 3 rings (SSSR count). The van der Waals surface area contributed by atoms with Crippen molar-refractivity contribution in [2.24, 2.45) is 0 Å². The van der Waals surface area contributed by atoms with E-state index in [2.05, 4.69) is 5.32 Å². The van der Waals surface area contributed by atoms with Crippen molar-refractivity contribution in [3.63, 3.8) is 0 Å². The Hall–Kier alpha value is -0.0800. The average Bonchev–Trinajstić information content (AvgIpc) is 2.91. The highest BCUT2D eigenvalue weighted by Gasteiger charge is 2.41. The van der Waals surface area contributed by atoms with Crippen molar-refractivity contribution in [1.29, 1.82) is 0 Å². The summed E-state index contributed by atoms with van der Waals surface area (Å²) < 4.78 is 6.33. The lowest BCUT2D eigenvalue weighted by molar-refractivity contribution is -0.0394. The molecule has 1 aliphatic heterocycles. The Morgan fingerprint density at radius 1 is 1.00 bits per heavy atom. The maximum atomic E-state index is 6.33. The van der Waals surface area contributed by atoms with E-state index in [4.69, 9.17) is 4.74 Å². The van der Waals surface area contributed by atoms with Crippen LogP contribution in [0.15, 0.2) is 0 Å². The first kappa shape index (κ1) is 12.0. The molecule has 2 heteroatoms. The average molecular weight is 237 g/mol. The lowest BCUT2D eigenvalue weighted by Gasteiger charge is -2.23. The van der Waals surface area contributed by atoms with Crippen LogP contribution in [0.3, 0.4) is 0 Å². The molecule has 1 saturated heterocycles. The van der Waals surface area contributed by atoms with E-state index >= 15 is 0 Å². The minimum absolute atomic E-state index is 0.344. The van der Waals surface area contributed by atoms with Crippen molar-refractivity contribution in [3.8, 4) is 0 Å². The predicted octanol–water partition coefficient (Wildman–Crippen LogP) is 3.40. The van der Waals surface area contributed by atoms with Crippen LogP contribution in [0.4, 0.5) is 0 Å². The number of rotatable bonds is 6. The van der Waals surface area contributed by atoms with Crippen molar-refractivity contribution in [3.05, 3.63) is 0 Å². The molecule has 0 aromatic heterocycles. The molecular weight excluding hydrogens is 210 g/mol. The third kappa shape index (κ3) is 3.23. The molecule has 0 bridgehead atoms. The van der Waals surface area contributed by atoms with E-state index in [0.29, 0.717) is 11.7 Å². The first-order chi connectivity index (χ1) is 8.36. The van der Waals surface area contributed by atoms with Gasteiger partial charge in [0.05, 0.1) is 11.7 Å². The molecule has 1 unspecified atom stereocenters. The molecule has 1 spiro atoms. The summed E-state index contributed by atoms with van der Waals surface area (Å²) in [6, 6.07) is 0.875. The third-order valence-corrected chi connectivity index (χ3v) is 4.82. The van der Waals surface area contributed by atoms with Crippen LogP contribution in [-0.4, -0.2) is 24.3 Å². The zero-order chi connectivity index (χ0) is 11.6. The first-order valence-corrected chi connectivity index (χ1v) is 7.78. The van der Waals surface area contributed by atoms with Crippen LogP contribution in [0.25, 0.3) is 0 Å². The van der Waals surface area contributed by atoms with Gasteiger partial charge in [0, 0.05) is 6.04 Å². The maximum absolute atomic E-state index is 6.33. The van der Waals surface area contributed by atoms with Gasteiger partial charge in [-0.15, -0.1) is 0 Å². The summed E-state index contributed by atoms with van der Waals surface area (Å²) in [4.78, 5) is 0. The van der Waals surface area contributed by atoms with Crippen molar-refractivity contribution in [1.82, 2.24) is 5.32 Å². The summed E-state index contributed by atoms with van der Waals surface area (Å²) in [5.41, 5.74) is 0.344. The Balaban J connectivity index is 1.28. The quantitative estimate of drug-likeness (QED) is 0.715. The number of unbranched alkanes of at least 4 members (excludes halogenated alkanes) is 1. The number of nitrogens with one attached hydrogen (secondary N) is 1. The molecule has 2 aliphatic carbocycles. The Labute approximate surface area is 105 Å². The monoisotopic (exact) mass is 237 g/mol. The van der Waals surface area contributed by atoms with E-state index in [1.165, 1.54) is 77.2 Å². The molecule has 0 aromatic carbocycles. The van der Waals surface area contributed by atoms with Gasteiger partial charge in [-0.25, -0.2) is 0 Å². The van der Waals surface area contributed by atoms with Crippen molar-refractivity contribution in [2.45, 2.75) is 88.4 Å². The predicted molar refractivity (Wildman–Crippen MR) is 70.2 cm³/mol. The fraction of sp³-hybridized carbons (Fsp3) is 1.00. The molecule has 2 nitrogen and oxygen atoms in total. The minimum atomic E-state index is 0.344. The van der Waals surface area contributed by atoms with Gasteiger partial charge in [-0.3, -0.25) is 0 Å². The second-order valence-electron chi connectivity index (χ2n) is 6.39. The molecule has 0 aromatic rings. The third-order valence-electron chi connectivity index (χ3n) is 4.82. The zero-order valence-corrected chi connectivity index (χ0v) is 11.0. The lowest BCUT2D eigenvalue weighted by atomic mass is 9.98. The van der Waals surface area contributed by atoms with Gasteiger partial charge in [0.25, 0.3) is 0 Å². The Morgan fingerprint density at radius 2 is 1.82 bits per heavy atom. The highest BCUT2D eigenvalue weighted by atomic mass is 16.5. The lowest BCUT2D eigenvalue weighted by Crippen LogP contribution is -2.25. The van der Waals surface area contributed by atoms with Gasteiger partial charge < -0.3 is 10.1 Å². The minimum Gasteiger partial charge on any atom is -0.372 e. The Morgan fingerprint density at radius 3 is 2.59 bits per heavy atom. The van der Waals surface area contributed by atoms with Crippen LogP contribution in [-0.2, 0) is 4.74 Å². The van der Waals surface area contributed by atoms with E-state index in [1.807, 2.05) is 0 Å². The summed E-state index contributed by atoms with van der Waals surface area (Å²) in [5.74, 6) is 0. The number of hydrogen-bond donors (Lipinski definition) is 1. The molecule has 17 heavy (non-hydrogen) atoms. The van der Waals surface area contributed by atoms with Crippen molar-refractivity contribution >= 4 is 0 Å². The van der Waals surface area contributed by atoms with Gasteiger partial charge in [-0.1, -0.05) is 12.8 Å². The van der Waals surface area contributed by atoms with Crippen LogP contribution in [0.2, 0.25) is 0 Å². The standard InChI is InChI=1S/C15H27NO/c1(4-12-16-13-6-7-13)5-14-8-11-15(17-14)9-2-3-10-15/h13-14,16H,1-12H2. The van der Waals surface area contributed by atoms with Crippen LogP contribution < -0.4 is 5.32 Å². The van der Waals surface area contributed by atoms with Crippen LogP contribution in [0.1, 0.15) is 70.6 Å². The van der Waals surface area contributed by atoms with Crippen LogP contribution >= 0.6 is 0 Å². The molecule has 2 saturated carbocycles. The molecule has 98 valence electrons. The van der Waals surface area contributed by atoms with Crippen molar-refractivity contribution in [2.75, 3.05) is 6.54 Å². The topological polar surface area (TPSA) is 21.3 Å². The van der Waals surface area contributed by atoms with Gasteiger partial charge in [0.2, 0.25) is 0 Å². The molecule has 1 atom stereocenters. The van der Waals surface area contributed by atoms with Gasteiger partial charge in [0.1, 0.15) is 0 Å². The fourth-order valence-electron chi connectivity index (χ4n) is 3.58. The SMILES string of the molecule is C(CCC1CCC2(CCCC2)O1)CNC1CC1. The number of hydrogen-bond acceptors (Lipinski definition) is 2. The summed E-state index contributed by atoms with van der Waals surface area (Å²) in [5, 5.41) is 3.59. The molecule has 1 heterocycles. The normalized spacial score (nSPS) is 31.4. The molecule has 3 aliphatic rings. The first-order valence-electron chi connectivity index (χ1n) is 7.78. The summed E-state index contributed by atoms with van der Waals surface area (Å²) >= 11 is 0. The summed E-state index contributed by atoms with van der Waals surface area (Å²) in [6.45, 7) is 1.22. The molecular formula is C15H27NO. The Bertz CT molecular complexity index is 243. The van der Waals surface area contributed by atoms with E-state index in [0.717, 1.165) is 6.04 Å². The fourth-order valence-corrected chi connectivity index (χ4v) is 3.58. The second kappa shape index (κ2) is 5.27. The zero-order valence-electron chi connectivity index (χ0n) is 11.0. The van der Waals surface area contributed by atoms with Gasteiger partial charge in [0.15, 0.2) is 0 Å². The molecule has 0 radical (unpaired) electrons. The van der Waals surface area contributed by atoms with Crippen molar-refractivity contribution < 1.29 is 4.74 Å². The summed E-state index contributed by atoms with van der Waals surface area (Å²) in [6.07, 6.45) is 15.6. The van der Waals surface area contributed by atoms with Crippen LogP contribution in [0, 0.1) is 0 Å². The number of ether oxygens (including phenoxy) is 1. The molecule has 0 amide bonds. The highest BCUT2D eigenvalue weighted by molar-refractivity contribution is 4.92. The van der Waals surface area contributed by atoms with Gasteiger partial charge >= 0.3 is 0 Å². The van der Waals surface area contributed by atoms with E-state index in [-0.39, 0.29) is 0 Å². The second-order valence-corrected chi connectivity index (χ2v) is 6.39. The molecule has 1 N–H and O–H groups in total. The van der Waals surface area contributed by atoms with E-state index in [1.54, 1.807) is 0 Å². The van der Waals surface area contributed by atoms with Gasteiger partial charge in [-0.2, -0.15) is 0 Å². The smallest absolute Gasteiger partial charge is 0.0687 e.